The number of imidazole rings is 1. The van der Waals surface area contributed by atoms with Gasteiger partial charge < -0.3 is 14.5 Å². The molecule has 1 amide bonds. The summed E-state index contributed by atoms with van der Waals surface area (Å²) in [6, 6.07) is 8.22. The van der Waals surface area contributed by atoms with Gasteiger partial charge in [0.05, 0.1) is 6.04 Å². The van der Waals surface area contributed by atoms with Crippen LogP contribution in [-0.4, -0.2) is 38.4 Å². The molecule has 1 saturated heterocycles. The number of carbonyl (C=O) groups is 1. The van der Waals surface area contributed by atoms with Gasteiger partial charge in [-0.3, -0.25) is 4.79 Å². The van der Waals surface area contributed by atoms with Crippen LogP contribution in [0.25, 0.3) is 10.9 Å². The first kappa shape index (κ1) is 15.0. The number of piperidine rings is 1. The summed E-state index contributed by atoms with van der Waals surface area (Å²) >= 11 is 0. The molecule has 1 N–H and O–H groups in total. The minimum atomic E-state index is 0.117. The monoisotopic (exact) mass is 322 g/mol. The van der Waals surface area contributed by atoms with E-state index in [1.54, 1.807) is 0 Å². The normalized spacial score (nSPS) is 18.2. The third-order valence-electron chi connectivity index (χ3n) is 5.02. The molecule has 1 unspecified atom stereocenters. The molecule has 0 spiro atoms. The summed E-state index contributed by atoms with van der Waals surface area (Å²) in [4.78, 5) is 22.5. The van der Waals surface area contributed by atoms with Crippen molar-refractivity contribution < 1.29 is 4.79 Å². The van der Waals surface area contributed by atoms with Crippen LogP contribution in [0.3, 0.4) is 0 Å². The van der Waals surface area contributed by atoms with E-state index in [0.29, 0.717) is 6.04 Å². The van der Waals surface area contributed by atoms with Gasteiger partial charge in [0.2, 0.25) is 0 Å². The van der Waals surface area contributed by atoms with Gasteiger partial charge in [-0.05, 0) is 50.3 Å². The highest BCUT2D eigenvalue weighted by Crippen LogP contribution is 2.26. The first-order valence-electron chi connectivity index (χ1n) is 8.50. The molecule has 5 heteroatoms. The standard InChI is InChI=1S/C19H22N4O/c1-13-11-21-14(2)23(13)17-4-3-9-22(12-17)19(24)16-6-5-15-7-8-20-18(15)10-16/h5-8,10-11,17,20H,3-4,9,12H2,1-2H3. The number of aromatic amines is 1. The highest BCUT2D eigenvalue weighted by molar-refractivity contribution is 5.98. The number of aryl methyl sites for hydroxylation is 2. The number of rotatable bonds is 2. The lowest BCUT2D eigenvalue weighted by Crippen LogP contribution is -2.41. The average Bonchev–Trinajstić information content (AvgIpc) is 3.20. The minimum absolute atomic E-state index is 0.117. The molecule has 0 bridgehead atoms. The van der Waals surface area contributed by atoms with Crippen molar-refractivity contribution in [3.63, 3.8) is 0 Å². The van der Waals surface area contributed by atoms with Crippen LogP contribution in [0, 0.1) is 13.8 Å². The van der Waals surface area contributed by atoms with E-state index >= 15 is 0 Å². The van der Waals surface area contributed by atoms with Gasteiger partial charge in [-0.25, -0.2) is 4.98 Å². The smallest absolute Gasteiger partial charge is 0.254 e. The van der Waals surface area contributed by atoms with E-state index in [0.717, 1.165) is 48.2 Å². The Labute approximate surface area is 141 Å². The van der Waals surface area contributed by atoms with E-state index in [-0.39, 0.29) is 5.91 Å². The Bertz CT molecular complexity index is 872. The molecule has 3 aromatic rings. The third kappa shape index (κ3) is 2.50. The van der Waals surface area contributed by atoms with Gasteiger partial charge in [-0.2, -0.15) is 0 Å². The van der Waals surface area contributed by atoms with E-state index in [9.17, 15) is 4.79 Å². The second kappa shape index (κ2) is 5.82. The summed E-state index contributed by atoms with van der Waals surface area (Å²) in [5.41, 5.74) is 2.93. The Morgan fingerprint density at radius 3 is 2.96 bits per heavy atom. The third-order valence-corrected chi connectivity index (χ3v) is 5.02. The number of nitrogens with zero attached hydrogens (tertiary/aromatic N) is 3. The number of H-pyrrole nitrogens is 1. The van der Waals surface area contributed by atoms with Crippen LogP contribution in [0.2, 0.25) is 0 Å². The second-order valence-corrected chi connectivity index (χ2v) is 6.64. The quantitative estimate of drug-likeness (QED) is 0.785. The van der Waals surface area contributed by atoms with Gasteiger partial charge in [0.15, 0.2) is 0 Å². The summed E-state index contributed by atoms with van der Waals surface area (Å²) in [6.07, 6.45) is 5.94. The number of fused-ring (bicyclic) bond motifs is 1. The molecule has 124 valence electrons. The molecule has 0 saturated carbocycles. The van der Waals surface area contributed by atoms with Crippen molar-refractivity contribution in [3.8, 4) is 0 Å². The number of hydrogen-bond acceptors (Lipinski definition) is 2. The van der Waals surface area contributed by atoms with Gasteiger partial charge in [0, 0.05) is 42.3 Å². The van der Waals surface area contributed by atoms with E-state index in [1.165, 1.54) is 5.69 Å². The van der Waals surface area contributed by atoms with E-state index < -0.39 is 0 Å². The zero-order valence-corrected chi connectivity index (χ0v) is 14.1. The van der Waals surface area contributed by atoms with Crippen molar-refractivity contribution in [1.82, 2.24) is 19.4 Å². The second-order valence-electron chi connectivity index (χ2n) is 6.64. The summed E-state index contributed by atoms with van der Waals surface area (Å²) in [7, 11) is 0. The van der Waals surface area contributed by atoms with Crippen LogP contribution in [0.15, 0.2) is 36.7 Å². The summed E-state index contributed by atoms with van der Waals surface area (Å²) in [6.45, 7) is 5.69. The molecule has 1 aromatic carbocycles. The fourth-order valence-corrected chi connectivity index (χ4v) is 3.83. The molecule has 4 rings (SSSR count). The van der Waals surface area contributed by atoms with E-state index in [2.05, 4.69) is 21.5 Å². The topological polar surface area (TPSA) is 53.9 Å². The fourth-order valence-electron chi connectivity index (χ4n) is 3.83. The van der Waals surface area contributed by atoms with Crippen LogP contribution < -0.4 is 0 Å². The molecule has 0 radical (unpaired) electrons. The number of hydrogen-bond donors (Lipinski definition) is 1. The predicted molar refractivity (Wildman–Crippen MR) is 94.2 cm³/mol. The van der Waals surface area contributed by atoms with Crippen molar-refractivity contribution in [3.05, 3.63) is 53.7 Å². The molecule has 1 aliphatic heterocycles. The predicted octanol–water partition coefficient (Wildman–Crippen LogP) is 3.46. The van der Waals surface area contributed by atoms with Crippen LogP contribution in [0.1, 0.15) is 40.8 Å². The van der Waals surface area contributed by atoms with Crippen molar-refractivity contribution in [2.75, 3.05) is 13.1 Å². The van der Waals surface area contributed by atoms with E-state index in [4.69, 9.17) is 0 Å². The number of benzene rings is 1. The fraction of sp³-hybridized carbons (Fsp3) is 0.368. The number of carbonyl (C=O) groups excluding carboxylic acids is 1. The minimum Gasteiger partial charge on any atom is -0.361 e. The maximum atomic E-state index is 12.9. The largest absolute Gasteiger partial charge is 0.361 e. The summed E-state index contributed by atoms with van der Waals surface area (Å²) in [5, 5.41) is 1.13. The lowest BCUT2D eigenvalue weighted by atomic mass is 10.0. The molecule has 1 atom stereocenters. The SMILES string of the molecule is Cc1cnc(C)n1C1CCCN(C(=O)c2ccc3cc[nH]c3c2)C1. The maximum Gasteiger partial charge on any atom is 0.254 e. The van der Waals surface area contributed by atoms with Crippen molar-refractivity contribution in [1.29, 1.82) is 0 Å². The maximum absolute atomic E-state index is 12.9. The molecule has 3 heterocycles. The Kier molecular flexibility index (Phi) is 3.63. The average molecular weight is 322 g/mol. The zero-order chi connectivity index (χ0) is 16.7. The molecule has 5 nitrogen and oxygen atoms in total. The first-order valence-corrected chi connectivity index (χ1v) is 8.50. The van der Waals surface area contributed by atoms with E-state index in [1.807, 2.05) is 48.5 Å². The highest BCUT2D eigenvalue weighted by atomic mass is 16.2. The van der Waals surface area contributed by atoms with Crippen LogP contribution >= 0.6 is 0 Å². The molecule has 0 aliphatic carbocycles. The summed E-state index contributed by atoms with van der Waals surface area (Å²) in [5.74, 6) is 1.14. The molecule has 1 fully saturated rings. The van der Waals surface area contributed by atoms with Crippen molar-refractivity contribution >= 4 is 16.8 Å². The Balaban J connectivity index is 1.58. The summed E-state index contributed by atoms with van der Waals surface area (Å²) < 4.78 is 2.27. The number of aromatic nitrogens is 3. The number of likely N-dealkylation sites (tertiary alicyclic amines) is 1. The number of nitrogens with one attached hydrogen (secondary N) is 1. The van der Waals surface area contributed by atoms with Crippen LogP contribution in [0.5, 0.6) is 0 Å². The number of amides is 1. The van der Waals surface area contributed by atoms with Gasteiger partial charge in [0.25, 0.3) is 5.91 Å². The zero-order valence-electron chi connectivity index (χ0n) is 14.1. The molecule has 2 aromatic heterocycles. The lowest BCUT2D eigenvalue weighted by molar-refractivity contribution is 0.0677. The lowest BCUT2D eigenvalue weighted by Gasteiger charge is -2.34. The van der Waals surface area contributed by atoms with Crippen molar-refractivity contribution in [2.45, 2.75) is 32.7 Å². The highest BCUT2D eigenvalue weighted by Gasteiger charge is 2.27. The van der Waals surface area contributed by atoms with Gasteiger partial charge in [0.1, 0.15) is 5.82 Å². The first-order chi connectivity index (χ1) is 11.6. The van der Waals surface area contributed by atoms with Gasteiger partial charge in [-0.15, -0.1) is 0 Å². The van der Waals surface area contributed by atoms with Crippen LogP contribution in [-0.2, 0) is 0 Å². The molecule has 1 aliphatic rings. The van der Waals surface area contributed by atoms with Gasteiger partial charge >= 0.3 is 0 Å². The Morgan fingerprint density at radius 2 is 2.17 bits per heavy atom. The van der Waals surface area contributed by atoms with Gasteiger partial charge in [-0.1, -0.05) is 6.07 Å². The molecular formula is C19H22N4O. The molecule has 24 heavy (non-hydrogen) atoms. The van der Waals surface area contributed by atoms with Crippen LogP contribution in [0.4, 0.5) is 0 Å². The molecular weight excluding hydrogens is 300 g/mol. The Morgan fingerprint density at radius 1 is 1.29 bits per heavy atom. The van der Waals surface area contributed by atoms with Crippen molar-refractivity contribution in [2.24, 2.45) is 0 Å². The Hall–Kier alpha value is -2.56.